The summed E-state index contributed by atoms with van der Waals surface area (Å²) in [7, 11) is 0. The zero-order valence-electron chi connectivity index (χ0n) is 13.9. The average molecular weight is 429 g/mol. The van der Waals surface area contributed by atoms with Crippen LogP contribution in [0.15, 0.2) is 29.4 Å². The molecule has 2 heterocycles. The minimum atomic E-state index is 0. The van der Waals surface area contributed by atoms with Crippen molar-refractivity contribution >= 4 is 35.8 Å². The molecule has 1 aromatic heterocycles. The van der Waals surface area contributed by atoms with Gasteiger partial charge in [0.2, 0.25) is 0 Å². The van der Waals surface area contributed by atoms with E-state index in [0.717, 1.165) is 57.0 Å². The van der Waals surface area contributed by atoms with E-state index in [4.69, 9.17) is 4.99 Å². The zero-order valence-corrected chi connectivity index (χ0v) is 16.3. The van der Waals surface area contributed by atoms with Crippen LogP contribution in [-0.4, -0.2) is 55.1 Å². The summed E-state index contributed by atoms with van der Waals surface area (Å²) in [6.45, 7) is 8.06. The van der Waals surface area contributed by atoms with Crippen LogP contribution in [0.4, 0.5) is 5.82 Å². The number of hydrogen-bond donors (Lipinski definition) is 1. The molecule has 3 rings (SSSR count). The molecule has 1 aromatic rings. The third-order valence-electron chi connectivity index (χ3n) is 4.38. The maximum absolute atomic E-state index is 4.81. The maximum Gasteiger partial charge on any atom is 0.194 e. The van der Waals surface area contributed by atoms with E-state index in [-0.39, 0.29) is 24.0 Å². The van der Waals surface area contributed by atoms with E-state index in [1.165, 1.54) is 19.3 Å². The van der Waals surface area contributed by atoms with Crippen LogP contribution in [0.1, 0.15) is 26.2 Å². The van der Waals surface area contributed by atoms with Crippen LogP contribution in [0.25, 0.3) is 0 Å². The highest BCUT2D eigenvalue weighted by Gasteiger charge is 2.22. The van der Waals surface area contributed by atoms with Gasteiger partial charge in [0.25, 0.3) is 0 Å². The first kappa shape index (κ1) is 18.3. The minimum Gasteiger partial charge on any atom is -0.357 e. The molecule has 1 N–H and O–H groups in total. The van der Waals surface area contributed by atoms with E-state index in [2.05, 4.69) is 39.2 Å². The number of nitrogens with zero attached hydrogens (tertiary/aromatic N) is 4. The fourth-order valence-corrected chi connectivity index (χ4v) is 2.87. The molecule has 0 amide bonds. The highest BCUT2D eigenvalue weighted by Crippen LogP contribution is 2.32. The normalized spacial score (nSPS) is 18.6. The molecular weight excluding hydrogens is 401 g/mol. The molecule has 128 valence electrons. The molecule has 5 nitrogen and oxygen atoms in total. The Hall–Kier alpha value is -1.05. The molecule has 1 aliphatic carbocycles. The van der Waals surface area contributed by atoms with Gasteiger partial charge in [0.05, 0.1) is 0 Å². The van der Waals surface area contributed by atoms with Gasteiger partial charge in [-0.3, -0.25) is 4.99 Å². The van der Waals surface area contributed by atoms with Gasteiger partial charge in [-0.05, 0) is 31.4 Å². The van der Waals surface area contributed by atoms with Crippen LogP contribution < -0.4 is 10.2 Å². The summed E-state index contributed by atoms with van der Waals surface area (Å²) >= 11 is 0. The van der Waals surface area contributed by atoms with Crippen LogP contribution in [0, 0.1) is 5.92 Å². The number of aliphatic imine (C=N–C) groups is 1. The molecule has 2 aliphatic rings. The number of anilines is 1. The SMILES string of the molecule is CCNC(=NCCC1CC1)N1CCN(c2ccccn2)CC1.I. The summed E-state index contributed by atoms with van der Waals surface area (Å²) in [5.74, 6) is 3.12. The third-order valence-corrected chi connectivity index (χ3v) is 4.38. The Morgan fingerprint density at radius 2 is 2.04 bits per heavy atom. The van der Waals surface area contributed by atoms with E-state index in [1.54, 1.807) is 0 Å². The minimum absolute atomic E-state index is 0. The first-order valence-electron chi connectivity index (χ1n) is 8.56. The van der Waals surface area contributed by atoms with Gasteiger partial charge in [-0.1, -0.05) is 18.9 Å². The monoisotopic (exact) mass is 429 g/mol. The van der Waals surface area contributed by atoms with Gasteiger partial charge in [0.15, 0.2) is 5.96 Å². The summed E-state index contributed by atoms with van der Waals surface area (Å²) in [6.07, 6.45) is 5.94. The summed E-state index contributed by atoms with van der Waals surface area (Å²) in [4.78, 5) is 14.0. The molecule has 0 radical (unpaired) electrons. The van der Waals surface area contributed by atoms with Crippen LogP contribution in [0.3, 0.4) is 0 Å². The first-order valence-corrected chi connectivity index (χ1v) is 8.56. The predicted molar refractivity (Wildman–Crippen MR) is 107 cm³/mol. The summed E-state index contributed by atoms with van der Waals surface area (Å²) < 4.78 is 0. The Balaban J connectivity index is 0.00000192. The lowest BCUT2D eigenvalue weighted by molar-refractivity contribution is 0.371. The predicted octanol–water partition coefficient (Wildman–Crippen LogP) is 2.59. The molecule has 2 fully saturated rings. The second-order valence-corrected chi connectivity index (χ2v) is 6.13. The van der Waals surface area contributed by atoms with Crippen LogP contribution in [-0.2, 0) is 0 Å². The Labute approximate surface area is 156 Å². The molecule has 1 aliphatic heterocycles. The molecule has 1 saturated carbocycles. The van der Waals surface area contributed by atoms with Crippen molar-refractivity contribution < 1.29 is 0 Å². The number of nitrogens with one attached hydrogen (secondary N) is 1. The molecule has 1 saturated heterocycles. The van der Waals surface area contributed by atoms with E-state index < -0.39 is 0 Å². The molecule has 0 atom stereocenters. The standard InChI is InChI=1S/C17H27N5.HI/c1-2-18-17(20-10-8-15-6-7-15)22-13-11-21(12-14-22)16-5-3-4-9-19-16;/h3-5,9,15H,2,6-8,10-14H2,1H3,(H,18,20);1H. The lowest BCUT2D eigenvalue weighted by Crippen LogP contribution is -2.52. The van der Waals surface area contributed by atoms with Gasteiger partial charge in [0, 0.05) is 45.5 Å². The lowest BCUT2D eigenvalue weighted by Gasteiger charge is -2.37. The van der Waals surface area contributed by atoms with Crippen molar-refractivity contribution in [3.8, 4) is 0 Å². The topological polar surface area (TPSA) is 43.8 Å². The lowest BCUT2D eigenvalue weighted by atomic mass is 10.3. The zero-order chi connectivity index (χ0) is 15.2. The van der Waals surface area contributed by atoms with E-state index in [0.29, 0.717) is 0 Å². The summed E-state index contributed by atoms with van der Waals surface area (Å²) in [5, 5.41) is 3.44. The van der Waals surface area contributed by atoms with Gasteiger partial charge in [-0.25, -0.2) is 4.98 Å². The molecule has 0 bridgehead atoms. The number of guanidine groups is 1. The molecule has 23 heavy (non-hydrogen) atoms. The van der Waals surface area contributed by atoms with E-state index in [9.17, 15) is 0 Å². The van der Waals surface area contributed by atoms with Crippen LogP contribution in [0.2, 0.25) is 0 Å². The van der Waals surface area contributed by atoms with Gasteiger partial charge in [-0.2, -0.15) is 0 Å². The van der Waals surface area contributed by atoms with Gasteiger partial charge in [0.1, 0.15) is 5.82 Å². The van der Waals surface area contributed by atoms with Crippen molar-refractivity contribution in [3.63, 3.8) is 0 Å². The maximum atomic E-state index is 4.81. The molecule has 0 spiro atoms. The second kappa shape index (κ2) is 9.30. The van der Waals surface area contributed by atoms with Gasteiger partial charge >= 0.3 is 0 Å². The van der Waals surface area contributed by atoms with Crippen molar-refractivity contribution in [1.82, 2.24) is 15.2 Å². The second-order valence-electron chi connectivity index (χ2n) is 6.13. The van der Waals surface area contributed by atoms with Crippen molar-refractivity contribution in [3.05, 3.63) is 24.4 Å². The highest BCUT2D eigenvalue weighted by molar-refractivity contribution is 14.0. The fraction of sp³-hybridized carbons (Fsp3) is 0.647. The number of halogens is 1. The largest absolute Gasteiger partial charge is 0.357 e. The van der Waals surface area contributed by atoms with Crippen molar-refractivity contribution in [1.29, 1.82) is 0 Å². The highest BCUT2D eigenvalue weighted by atomic mass is 127. The van der Waals surface area contributed by atoms with Gasteiger partial charge < -0.3 is 15.1 Å². The quantitative estimate of drug-likeness (QED) is 0.444. The Kier molecular flexibility index (Phi) is 7.39. The van der Waals surface area contributed by atoms with Crippen molar-refractivity contribution in [2.24, 2.45) is 10.9 Å². The van der Waals surface area contributed by atoms with Crippen LogP contribution >= 0.6 is 24.0 Å². The number of piperazine rings is 1. The smallest absolute Gasteiger partial charge is 0.194 e. The summed E-state index contributed by atoms with van der Waals surface area (Å²) in [6, 6.07) is 6.11. The Bertz CT molecular complexity index is 481. The molecule has 0 unspecified atom stereocenters. The number of pyridine rings is 1. The molecule has 6 heteroatoms. The molecule has 0 aromatic carbocycles. The van der Waals surface area contributed by atoms with Crippen molar-refractivity contribution in [2.45, 2.75) is 26.2 Å². The Morgan fingerprint density at radius 3 is 2.65 bits per heavy atom. The summed E-state index contributed by atoms with van der Waals surface area (Å²) in [5.41, 5.74) is 0. The number of rotatable bonds is 5. The van der Waals surface area contributed by atoms with E-state index in [1.807, 2.05) is 12.3 Å². The number of aromatic nitrogens is 1. The fourth-order valence-electron chi connectivity index (χ4n) is 2.87. The Morgan fingerprint density at radius 1 is 1.26 bits per heavy atom. The first-order chi connectivity index (χ1) is 10.9. The van der Waals surface area contributed by atoms with Crippen LogP contribution in [0.5, 0.6) is 0 Å². The average Bonchev–Trinajstić information content (AvgIpc) is 3.39. The number of hydrogen-bond acceptors (Lipinski definition) is 3. The van der Waals surface area contributed by atoms with Crippen molar-refractivity contribution in [2.75, 3.05) is 44.2 Å². The third kappa shape index (κ3) is 5.51. The van der Waals surface area contributed by atoms with E-state index >= 15 is 0 Å². The van der Waals surface area contributed by atoms with Gasteiger partial charge in [-0.15, -0.1) is 24.0 Å². The molecular formula is C17H28IN5.